The molecule has 8 heteroatoms. The molecule has 19 heavy (non-hydrogen) atoms. The number of rotatable bonds is 5. The van der Waals surface area contributed by atoms with Gasteiger partial charge in [-0.2, -0.15) is 5.26 Å². The van der Waals surface area contributed by atoms with Crippen molar-refractivity contribution in [1.82, 2.24) is 4.90 Å². The molecule has 1 rings (SSSR count). The summed E-state index contributed by atoms with van der Waals surface area (Å²) in [7, 11) is 0. The van der Waals surface area contributed by atoms with Gasteiger partial charge in [0.05, 0.1) is 5.75 Å². The number of esters is 1. The number of aliphatic carboxylic acids is 1. The predicted molar refractivity (Wildman–Crippen MR) is 65.6 cm³/mol. The Kier molecular flexibility index (Phi) is 5.14. The van der Waals surface area contributed by atoms with E-state index in [-0.39, 0.29) is 23.0 Å². The number of carboxylic acid groups (broad SMARTS) is 1. The van der Waals surface area contributed by atoms with E-state index in [2.05, 4.69) is 6.58 Å². The highest BCUT2D eigenvalue weighted by molar-refractivity contribution is 8.04. The quantitative estimate of drug-likeness (QED) is 0.330. The first kappa shape index (κ1) is 14.8. The van der Waals surface area contributed by atoms with Crippen LogP contribution in [0.4, 0.5) is 0 Å². The van der Waals surface area contributed by atoms with Gasteiger partial charge >= 0.3 is 11.9 Å². The van der Waals surface area contributed by atoms with Gasteiger partial charge in [-0.15, -0.1) is 0 Å². The number of ether oxygens (including phenoxy) is 1. The lowest BCUT2D eigenvalue weighted by molar-refractivity contribution is -0.142. The van der Waals surface area contributed by atoms with Crippen LogP contribution in [0.5, 0.6) is 0 Å². The molecule has 100 valence electrons. The van der Waals surface area contributed by atoms with Gasteiger partial charge in [-0.1, -0.05) is 24.4 Å². The molecule has 1 heterocycles. The molecule has 0 spiro atoms. The first-order valence-corrected chi connectivity index (χ1v) is 6.07. The fraction of sp³-hybridized carbons (Fsp3) is 0.273. The summed E-state index contributed by atoms with van der Waals surface area (Å²) in [5.41, 5.74) is -0.376. The summed E-state index contributed by atoms with van der Waals surface area (Å²) >= 11 is 0.939. The number of hydrogen-bond donors (Lipinski definition) is 1. The molecule has 0 bridgehead atoms. The lowest BCUT2D eigenvalue weighted by Gasteiger charge is -2.15. The summed E-state index contributed by atoms with van der Waals surface area (Å²) in [6, 6.07) is 1.64. The molecule has 1 fully saturated rings. The zero-order chi connectivity index (χ0) is 14.4. The molecule has 0 aliphatic carbocycles. The number of hydrogen-bond acceptors (Lipinski definition) is 6. The average molecular weight is 282 g/mol. The van der Waals surface area contributed by atoms with Crippen molar-refractivity contribution in [3.63, 3.8) is 0 Å². The van der Waals surface area contributed by atoms with E-state index in [0.717, 1.165) is 16.7 Å². The van der Waals surface area contributed by atoms with E-state index in [1.54, 1.807) is 6.07 Å². The van der Waals surface area contributed by atoms with Crippen LogP contribution in [0.2, 0.25) is 0 Å². The van der Waals surface area contributed by atoms with Crippen LogP contribution in [0.25, 0.3) is 0 Å². The van der Waals surface area contributed by atoms with E-state index < -0.39 is 24.4 Å². The van der Waals surface area contributed by atoms with Crippen molar-refractivity contribution < 1.29 is 24.2 Å². The van der Waals surface area contributed by atoms with E-state index in [4.69, 9.17) is 15.1 Å². The first-order valence-electron chi connectivity index (χ1n) is 5.08. The highest BCUT2D eigenvalue weighted by atomic mass is 32.2. The molecule has 1 aliphatic heterocycles. The number of nitrogens with zero attached hydrogens (tertiary/aromatic N) is 2. The van der Waals surface area contributed by atoms with Gasteiger partial charge in [0.25, 0.3) is 0 Å². The van der Waals surface area contributed by atoms with Gasteiger partial charge in [0.1, 0.15) is 24.2 Å². The highest BCUT2D eigenvalue weighted by Crippen LogP contribution is 2.31. The minimum Gasteiger partial charge on any atom is -0.480 e. The molecule has 0 saturated carbocycles. The second-order valence-electron chi connectivity index (χ2n) is 3.34. The normalized spacial score (nSPS) is 16.8. The minimum atomic E-state index is -1.23. The molecule has 0 unspecified atom stereocenters. The SMILES string of the molecule is C=CCOC(=O)/C(C#N)=C1/SCC(=O)N1CC(=O)O. The van der Waals surface area contributed by atoms with Crippen LogP contribution in [-0.4, -0.2) is 46.8 Å². The van der Waals surface area contributed by atoms with E-state index in [0.29, 0.717) is 0 Å². The maximum absolute atomic E-state index is 11.6. The van der Waals surface area contributed by atoms with Crippen LogP contribution in [0.3, 0.4) is 0 Å². The zero-order valence-corrected chi connectivity index (χ0v) is 10.6. The number of amides is 1. The molecule has 7 nitrogen and oxygen atoms in total. The highest BCUT2D eigenvalue weighted by Gasteiger charge is 2.33. The smallest absolute Gasteiger partial charge is 0.351 e. The molecule has 0 radical (unpaired) electrons. The van der Waals surface area contributed by atoms with E-state index in [1.807, 2.05) is 0 Å². The monoisotopic (exact) mass is 282 g/mol. The van der Waals surface area contributed by atoms with Gasteiger partial charge in [0, 0.05) is 0 Å². The van der Waals surface area contributed by atoms with Crippen LogP contribution in [0, 0.1) is 11.3 Å². The van der Waals surface area contributed by atoms with Crippen molar-refractivity contribution in [3.8, 4) is 6.07 Å². The number of carboxylic acids is 1. The van der Waals surface area contributed by atoms with Crippen LogP contribution in [-0.2, 0) is 19.1 Å². The maximum Gasteiger partial charge on any atom is 0.351 e. The van der Waals surface area contributed by atoms with Gasteiger partial charge in [-0.3, -0.25) is 14.5 Å². The van der Waals surface area contributed by atoms with E-state index in [9.17, 15) is 14.4 Å². The summed E-state index contributed by atoms with van der Waals surface area (Å²) in [6.45, 7) is 2.69. The largest absolute Gasteiger partial charge is 0.480 e. The van der Waals surface area contributed by atoms with Crippen molar-refractivity contribution in [2.75, 3.05) is 18.9 Å². The Morgan fingerprint density at radius 1 is 1.63 bits per heavy atom. The summed E-state index contributed by atoms with van der Waals surface area (Å²) in [6.07, 6.45) is 1.33. The van der Waals surface area contributed by atoms with Crippen LogP contribution in [0.1, 0.15) is 0 Å². The predicted octanol–water partition coefficient (Wildman–Crippen LogP) is 0.111. The molecule has 1 saturated heterocycles. The van der Waals surface area contributed by atoms with Crippen LogP contribution in [0.15, 0.2) is 23.3 Å². The number of thioether (sulfide) groups is 1. The summed E-state index contributed by atoms with van der Waals surface area (Å²) in [5, 5.41) is 17.7. The maximum atomic E-state index is 11.6. The Labute approximate surface area is 113 Å². The summed E-state index contributed by atoms with van der Waals surface area (Å²) in [5.74, 6) is -2.62. The van der Waals surface area contributed by atoms with Gasteiger partial charge in [-0.25, -0.2) is 4.79 Å². The van der Waals surface area contributed by atoms with Crippen molar-refractivity contribution >= 4 is 29.6 Å². The minimum absolute atomic E-state index is 0.0114. The molecule has 0 atom stereocenters. The topological polar surface area (TPSA) is 108 Å². The Balaban J connectivity index is 3.05. The molecular formula is C11H10N2O5S. The lowest BCUT2D eigenvalue weighted by atomic mass is 10.3. The lowest BCUT2D eigenvalue weighted by Crippen LogP contribution is -2.31. The Morgan fingerprint density at radius 2 is 2.32 bits per heavy atom. The van der Waals surface area contributed by atoms with Gasteiger partial charge < -0.3 is 9.84 Å². The van der Waals surface area contributed by atoms with Gasteiger partial charge in [0.15, 0.2) is 5.57 Å². The average Bonchev–Trinajstić information content (AvgIpc) is 2.70. The van der Waals surface area contributed by atoms with Crippen molar-refractivity contribution in [2.24, 2.45) is 0 Å². The number of carbonyl (C=O) groups excluding carboxylic acids is 2. The van der Waals surface area contributed by atoms with Gasteiger partial charge in [0.2, 0.25) is 5.91 Å². The Morgan fingerprint density at radius 3 is 2.84 bits per heavy atom. The van der Waals surface area contributed by atoms with E-state index in [1.165, 1.54) is 6.08 Å². The molecule has 1 N–H and O–H groups in total. The third-order valence-corrected chi connectivity index (χ3v) is 3.12. The number of carbonyl (C=O) groups is 3. The first-order chi connectivity index (χ1) is 9.01. The molecule has 0 aromatic heterocycles. The zero-order valence-electron chi connectivity index (χ0n) is 9.79. The summed E-state index contributed by atoms with van der Waals surface area (Å²) in [4.78, 5) is 34.7. The third kappa shape index (κ3) is 3.59. The third-order valence-electron chi connectivity index (χ3n) is 2.03. The van der Waals surface area contributed by atoms with Crippen molar-refractivity contribution in [1.29, 1.82) is 5.26 Å². The molecule has 1 aliphatic rings. The van der Waals surface area contributed by atoms with Gasteiger partial charge in [-0.05, 0) is 0 Å². The molecular weight excluding hydrogens is 272 g/mol. The van der Waals surface area contributed by atoms with Crippen LogP contribution < -0.4 is 0 Å². The van der Waals surface area contributed by atoms with Crippen molar-refractivity contribution in [3.05, 3.63) is 23.3 Å². The summed E-state index contributed by atoms with van der Waals surface area (Å²) < 4.78 is 4.71. The fourth-order valence-electron chi connectivity index (χ4n) is 1.29. The van der Waals surface area contributed by atoms with Crippen molar-refractivity contribution in [2.45, 2.75) is 0 Å². The standard InChI is InChI=1S/C11H10N2O5S/c1-2-3-18-11(17)7(4-12)10-13(5-9(15)16)8(14)6-19-10/h2H,1,3,5-6H2,(H,15,16)/b10-7+. The molecule has 1 amide bonds. The number of nitriles is 1. The Bertz CT molecular complexity index is 506. The second kappa shape index (κ2) is 6.61. The van der Waals surface area contributed by atoms with E-state index >= 15 is 0 Å². The second-order valence-corrected chi connectivity index (χ2v) is 4.31. The molecule has 0 aromatic rings. The molecule has 0 aromatic carbocycles. The van der Waals surface area contributed by atoms with Crippen LogP contribution >= 0.6 is 11.8 Å². The Hall–Kier alpha value is -2.27. The fourth-order valence-corrected chi connectivity index (χ4v) is 2.30.